The number of halogens is 3. The largest absolute Gasteiger partial charge is 0.500 e. The zero-order valence-corrected chi connectivity index (χ0v) is 12.8. The zero-order chi connectivity index (χ0) is 16.0. The van der Waals surface area contributed by atoms with Gasteiger partial charge in [-0.25, -0.2) is 14.2 Å². The number of ketones is 1. The number of carbonyl (C=O) groups excluding carboxylic acids is 2. The van der Waals surface area contributed by atoms with Gasteiger partial charge in [-0.15, -0.1) is 0 Å². The van der Waals surface area contributed by atoms with E-state index >= 15 is 0 Å². The van der Waals surface area contributed by atoms with Crippen LogP contribution in [0, 0.1) is 5.82 Å². The lowest BCUT2D eigenvalue weighted by Gasteiger charge is -2.08. The van der Waals surface area contributed by atoms with Crippen molar-refractivity contribution in [2.45, 2.75) is 13.8 Å². The Kier molecular flexibility index (Phi) is 6.58. The molecule has 0 aromatic carbocycles. The van der Waals surface area contributed by atoms with Gasteiger partial charge in [0.15, 0.2) is 11.0 Å². The van der Waals surface area contributed by atoms with Gasteiger partial charge in [-0.05, 0) is 19.9 Å². The Morgan fingerprint density at radius 1 is 1.29 bits per heavy atom. The molecule has 8 heteroatoms. The second-order valence-electron chi connectivity index (χ2n) is 3.64. The Balaban J connectivity index is 3.23. The van der Waals surface area contributed by atoms with E-state index in [4.69, 9.17) is 32.7 Å². The van der Waals surface area contributed by atoms with Crippen LogP contribution in [0.5, 0.6) is 0 Å². The Morgan fingerprint density at radius 2 is 1.95 bits per heavy atom. The molecule has 0 N–H and O–H groups in total. The van der Waals surface area contributed by atoms with Gasteiger partial charge in [0.25, 0.3) is 0 Å². The summed E-state index contributed by atoms with van der Waals surface area (Å²) in [5, 5.41) is -0.791. The van der Waals surface area contributed by atoms with Gasteiger partial charge in [-0.3, -0.25) is 4.79 Å². The first-order valence-electron chi connectivity index (χ1n) is 5.97. The molecule has 0 radical (unpaired) electrons. The number of esters is 1. The monoisotopic (exact) mass is 335 g/mol. The van der Waals surface area contributed by atoms with Crippen LogP contribution in [0.15, 0.2) is 17.9 Å². The third-order valence-electron chi connectivity index (χ3n) is 2.24. The highest BCUT2D eigenvalue weighted by Crippen LogP contribution is 2.23. The number of pyridine rings is 1. The topological polar surface area (TPSA) is 65.5 Å². The highest BCUT2D eigenvalue weighted by Gasteiger charge is 2.25. The van der Waals surface area contributed by atoms with E-state index in [1.54, 1.807) is 13.8 Å². The molecule has 114 valence electrons. The molecule has 1 rings (SSSR count). The van der Waals surface area contributed by atoms with Crippen LogP contribution in [0.2, 0.25) is 10.3 Å². The smallest absolute Gasteiger partial charge is 0.345 e. The molecule has 5 nitrogen and oxygen atoms in total. The minimum Gasteiger partial charge on any atom is -0.500 e. The van der Waals surface area contributed by atoms with E-state index in [2.05, 4.69) is 4.98 Å². The van der Waals surface area contributed by atoms with E-state index in [1.807, 2.05) is 0 Å². The second kappa shape index (κ2) is 7.95. The zero-order valence-electron chi connectivity index (χ0n) is 11.3. The maximum atomic E-state index is 13.4. The van der Waals surface area contributed by atoms with E-state index in [1.165, 1.54) is 0 Å². The van der Waals surface area contributed by atoms with Crippen molar-refractivity contribution in [1.29, 1.82) is 0 Å². The molecule has 0 bridgehead atoms. The van der Waals surface area contributed by atoms with Crippen LogP contribution in [0.3, 0.4) is 0 Å². The summed E-state index contributed by atoms with van der Waals surface area (Å²) in [6, 6.07) is 0.805. The Labute approximate surface area is 130 Å². The first-order chi connectivity index (χ1) is 9.92. The van der Waals surface area contributed by atoms with Crippen molar-refractivity contribution in [1.82, 2.24) is 4.98 Å². The second-order valence-corrected chi connectivity index (χ2v) is 4.35. The van der Waals surface area contributed by atoms with E-state index in [0.29, 0.717) is 0 Å². The predicted octanol–water partition coefficient (Wildman–Crippen LogP) is 3.19. The number of ether oxygens (including phenoxy) is 2. The molecule has 1 aromatic rings. The van der Waals surface area contributed by atoms with Crippen molar-refractivity contribution >= 4 is 35.0 Å². The number of rotatable bonds is 6. The lowest BCUT2D eigenvalue weighted by Crippen LogP contribution is -2.17. The maximum Gasteiger partial charge on any atom is 0.345 e. The summed E-state index contributed by atoms with van der Waals surface area (Å²) in [5.41, 5.74) is -0.721. The van der Waals surface area contributed by atoms with Crippen molar-refractivity contribution in [3.8, 4) is 0 Å². The van der Waals surface area contributed by atoms with Gasteiger partial charge >= 0.3 is 5.97 Å². The van der Waals surface area contributed by atoms with Crippen LogP contribution in [0.1, 0.15) is 24.2 Å². The predicted molar refractivity (Wildman–Crippen MR) is 74.9 cm³/mol. The van der Waals surface area contributed by atoms with E-state index in [0.717, 1.165) is 12.3 Å². The molecule has 1 aromatic heterocycles. The summed E-state index contributed by atoms with van der Waals surface area (Å²) in [7, 11) is 0. The Bertz CT molecular complexity index is 590. The highest BCUT2D eigenvalue weighted by molar-refractivity contribution is 6.37. The van der Waals surface area contributed by atoms with Gasteiger partial charge in [0.1, 0.15) is 17.0 Å². The third-order valence-corrected chi connectivity index (χ3v) is 2.79. The molecule has 0 saturated carbocycles. The molecule has 21 heavy (non-hydrogen) atoms. The first-order valence-corrected chi connectivity index (χ1v) is 6.73. The molecule has 0 saturated heterocycles. The number of aromatic nitrogens is 1. The molecule has 0 aliphatic rings. The van der Waals surface area contributed by atoms with Gasteiger partial charge in [-0.1, -0.05) is 23.2 Å². The van der Waals surface area contributed by atoms with E-state index < -0.39 is 28.3 Å². The molecule has 0 fully saturated rings. The molecular weight excluding hydrogens is 324 g/mol. The average Bonchev–Trinajstić information content (AvgIpc) is 2.43. The number of hydrogen-bond donors (Lipinski definition) is 0. The van der Waals surface area contributed by atoms with Crippen molar-refractivity contribution in [2.75, 3.05) is 13.2 Å². The van der Waals surface area contributed by atoms with Crippen LogP contribution >= 0.6 is 23.2 Å². The van der Waals surface area contributed by atoms with Crippen LogP contribution in [0.25, 0.3) is 0 Å². The van der Waals surface area contributed by atoms with Crippen LogP contribution < -0.4 is 0 Å². The van der Waals surface area contributed by atoms with Gasteiger partial charge in [0.2, 0.25) is 5.78 Å². The molecule has 0 spiro atoms. The van der Waals surface area contributed by atoms with Crippen molar-refractivity contribution in [3.05, 3.63) is 39.6 Å². The fraction of sp³-hybridized carbons (Fsp3) is 0.308. The number of carbonyl (C=O) groups is 2. The molecule has 1 heterocycles. The quantitative estimate of drug-likeness (QED) is 0.152. The molecule has 0 unspecified atom stereocenters. The summed E-state index contributed by atoms with van der Waals surface area (Å²) < 4.78 is 23.1. The third kappa shape index (κ3) is 4.41. The first kappa shape index (κ1) is 17.4. The summed E-state index contributed by atoms with van der Waals surface area (Å²) in [5.74, 6) is -2.69. The van der Waals surface area contributed by atoms with Crippen LogP contribution in [-0.2, 0) is 14.3 Å². The number of hydrogen-bond acceptors (Lipinski definition) is 5. The Hall–Kier alpha value is -1.66. The lowest BCUT2D eigenvalue weighted by molar-refractivity contribution is -0.138. The molecule has 0 atom stereocenters. The van der Waals surface area contributed by atoms with Crippen LogP contribution in [0.4, 0.5) is 4.39 Å². The number of Topliss-reactive ketones (excluding diaryl/α,β-unsaturated/α-hetero) is 1. The SMILES string of the molecule is CCO/C=C(/C(=O)OCC)C(=O)c1cc(F)c(Cl)nc1Cl. The van der Waals surface area contributed by atoms with Crippen molar-refractivity contribution < 1.29 is 23.5 Å². The standard InChI is InChI=1S/C13H12Cl2FNO4/c1-3-20-6-8(13(19)21-4-2)10(18)7-5-9(16)12(15)17-11(7)14/h5-6H,3-4H2,1-2H3/b8-6+. The minimum absolute atomic E-state index is 0.0660. The van der Waals surface area contributed by atoms with Crippen molar-refractivity contribution in [3.63, 3.8) is 0 Å². The highest BCUT2D eigenvalue weighted by atomic mass is 35.5. The van der Waals surface area contributed by atoms with Gasteiger partial charge in [-0.2, -0.15) is 0 Å². The van der Waals surface area contributed by atoms with E-state index in [9.17, 15) is 14.0 Å². The summed E-state index contributed by atoms with van der Waals surface area (Å²) in [6.07, 6.45) is 0.948. The van der Waals surface area contributed by atoms with Gasteiger partial charge in [0.05, 0.1) is 18.8 Å². The summed E-state index contributed by atoms with van der Waals surface area (Å²) in [4.78, 5) is 27.5. The maximum absolute atomic E-state index is 13.4. The molecule has 0 amide bonds. The molecule has 0 aliphatic heterocycles. The normalized spacial score (nSPS) is 11.2. The van der Waals surface area contributed by atoms with Gasteiger partial charge < -0.3 is 9.47 Å². The van der Waals surface area contributed by atoms with Gasteiger partial charge in [0, 0.05) is 0 Å². The van der Waals surface area contributed by atoms with Crippen molar-refractivity contribution in [2.24, 2.45) is 0 Å². The molecular formula is C13H12Cl2FNO4. The number of nitrogens with zero attached hydrogens (tertiary/aromatic N) is 1. The van der Waals surface area contributed by atoms with Crippen LogP contribution in [-0.4, -0.2) is 30.0 Å². The Morgan fingerprint density at radius 3 is 2.52 bits per heavy atom. The fourth-order valence-electron chi connectivity index (χ4n) is 1.32. The lowest BCUT2D eigenvalue weighted by atomic mass is 10.1. The molecule has 0 aliphatic carbocycles. The fourth-order valence-corrected chi connectivity index (χ4v) is 1.73. The minimum atomic E-state index is -0.927. The van der Waals surface area contributed by atoms with E-state index in [-0.39, 0.29) is 23.9 Å². The summed E-state index contributed by atoms with van der Waals surface area (Å²) in [6.45, 7) is 3.55. The average molecular weight is 336 g/mol. The summed E-state index contributed by atoms with van der Waals surface area (Å²) >= 11 is 11.2.